The highest BCUT2D eigenvalue weighted by atomic mass is 32.1. The first kappa shape index (κ1) is 21.1. The summed E-state index contributed by atoms with van der Waals surface area (Å²) in [5, 5.41) is 6.42. The number of benzene rings is 1. The molecule has 0 radical (unpaired) electrons. The summed E-state index contributed by atoms with van der Waals surface area (Å²) in [7, 11) is 3.76. The minimum absolute atomic E-state index is 0.0187. The van der Waals surface area contributed by atoms with Crippen LogP contribution in [0.2, 0.25) is 0 Å². The van der Waals surface area contributed by atoms with E-state index in [1.807, 2.05) is 56.2 Å². The molecule has 1 amide bonds. The first-order chi connectivity index (χ1) is 13.8. The van der Waals surface area contributed by atoms with Crippen LogP contribution in [0.5, 0.6) is 5.75 Å². The molecule has 0 fully saturated rings. The number of hydrogen-bond acceptors (Lipinski definition) is 4. The van der Waals surface area contributed by atoms with Gasteiger partial charge in [-0.2, -0.15) is 5.10 Å². The number of amides is 1. The number of rotatable bonds is 7. The number of carbonyl (C=O) groups excluding carboxylic acids is 1. The zero-order valence-corrected chi connectivity index (χ0v) is 18.8. The van der Waals surface area contributed by atoms with Gasteiger partial charge in [-0.05, 0) is 48.9 Å². The number of thiophene rings is 1. The predicted octanol–water partition coefficient (Wildman–Crippen LogP) is 5.07. The van der Waals surface area contributed by atoms with Crippen molar-refractivity contribution in [2.45, 2.75) is 46.8 Å². The Morgan fingerprint density at radius 3 is 2.52 bits per heavy atom. The lowest BCUT2D eigenvalue weighted by molar-refractivity contribution is 0.0789. The third kappa shape index (κ3) is 4.88. The Morgan fingerprint density at radius 1 is 1.24 bits per heavy atom. The van der Waals surface area contributed by atoms with Crippen molar-refractivity contribution in [3.63, 3.8) is 0 Å². The number of nitrogens with zero attached hydrogens (tertiary/aromatic N) is 3. The molecular formula is C23H29N3O2S. The fraction of sp³-hybridized carbons (Fsp3) is 0.391. The van der Waals surface area contributed by atoms with E-state index in [1.54, 1.807) is 4.90 Å². The van der Waals surface area contributed by atoms with Gasteiger partial charge in [0.25, 0.3) is 5.91 Å². The summed E-state index contributed by atoms with van der Waals surface area (Å²) in [6.07, 6.45) is 0. The van der Waals surface area contributed by atoms with Gasteiger partial charge in [-0.3, -0.25) is 9.48 Å². The lowest BCUT2D eigenvalue weighted by atomic mass is 10.0. The van der Waals surface area contributed by atoms with Gasteiger partial charge in [-0.1, -0.05) is 26.0 Å². The molecule has 3 aromatic rings. The molecule has 0 atom stereocenters. The summed E-state index contributed by atoms with van der Waals surface area (Å²) in [6.45, 7) is 9.36. The highest BCUT2D eigenvalue weighted by Gasteiger charge is 2.18. The van der Waals surface area contributed by atoms with Gasteiger partial charge in [-0.25, -0.2) is 0 Å². The van der Waals surface area contributed by atoms with Gasteiger partial charge in [-0.15, -0.1) is 11.3 Å². The van der Waals surface area contributed by atoms with Crippen molar-refractivity contribution in [3.8, 4) is 5.75 Å². The molecule has 5 nitrogen and oxygen atoms in total. The number of ether oxygens (including phenoxy) is 1. The third-order valence-corrected chi connectivity index (χ3v) is 6.18. The van der Waals surface area contributed by atoms with Crippen LogP contribution in [-0.4, -0.2) is 27.6 Å². The molecule has 0 saturated heterocycles. The molecule has 1 aromatic carbocycles. The monoisotopic (exact) mass is 411 g/mol. The Hall–Kier alpha value is -2.60. The first-order valence-corrected chi connectivity index (χ1v) is 10.7. The molecular weight excluding hydrogens is 382 g/mol. The molecule has 0 spiro atoms. The van der Waals surface area contributed by atoms with Crippen molar-refractivity contribution in [2.24, 2.45) is 7.05 Å². The summed E-state index contributed by atoms with van der Waals surface area (Å²) < 4.78 is 7.74. The van der Waals surface area contributed by atoms with Crippen molar-refractivity contribution in [3.05, 3.63) is 68.7 Å². The standard InChI is InChI=1S/C23H29N3O2S/c1-15(2)19-7-9-20(10-8-19)28-13-18-11-22(29-14-18)23(27)25(5)12-21-16(3)24-26(6)17(21)4/h7-11,14-15H,12-13H2,1-6H3. The molecule has 0 aliphatic heterocycles. The summed E-state index contributed by atoms with van der Waals surface area (Å²) in [4.78, 5) is 15.3. The molecule has 0 saturated carbocycles. The van der Waals surface area contributed by atoms with Crippen LogP contribution in [0, 0.1) is 13.8 Å². The summed E-state index contributed by atoms with van der Waals surface area (Å²) in [6, 6.07) is 10.1. The van der Waals surface area contributed by atoms with Crippen molar-refractivity contribution in [1.29, 1.82) is 0 Å². The van der Waals surface area contributed by atoms with Crippen LogP contribution in [0.25, 0.3) is 0 Å². The summed E-state index contributed by atoms with van der Waals surface area (Å²) >= 11 is 1.46. The van der Waals surface area contributed by atoms with Crippen molar-refractivity contribution in [1.82, 2.24) is 14.7 Å². The Balaban J connectivity index is 1.60. The number of hydrogen-bond donors (Lipinski definition) is 0. The molecule has 0 unspecified atom stereocenters. The molecule has 29 heavy (non-hydrogen) atoms. The fourth-order valence-corrected chi connectivity index (χ4v) is 4.11. The Labute approximate surface area is 176 Å². The quantitative estimate of drug-likeness (QED) is 0.545. The second kappa shape index (κ2) is 8.82. The van der Waals surface area contributed by atoms with E-state index >= 15 is 0 Å². The van der Waals surface area contributed by atoms with Gasteiger partial charge in [0.2, 0.25) is 0 Å². The van der Waals surface area contributed by atoms with Gasteiger partial charge in [0, 0.05) is 37.5 Å². The zero-order valence-electron chi connectivity index (χ0n) is 18.0. The molecule has 0 bridgehead atoms. The molecule has 0 aliphatic carbocycles. The van der Waals surface area contributed by atoms with Crippen LogP contribution in [0.15, 0.2) is 35.7 Å². The maximum atomic E-state index is 12.8. The number of carbonyl (C=O) groups is 1. The Kier molecular flexibility index (Phi) is 6.42. The Morgan fingerprint density at radius 2 is 1.93 bits per heavy atom. The first-order valence-electron chi connectivity index (χ1n) is 9.81. The van der Waals surface area contributed by atoms with Gasteiger partial charge in [0.1, 0.15) is 12.4 Å². The van der Waals surface area contributed by atoms with E-state index in [0.717, 1.165) is 33.1 Å². The zero-order chi connectivity index (χ0) is 21.1. The van der Waals surface area contributed by atoms with Crippen LogP contribution in [0.3, 0.4) is 0 Å². The van der Waals surface area contributed by atoms with Gasteiger partial charge in [0.15, 0.2) is 0 Å². The van der Waals surface area contributed by atoms with Crippen molar-refractivity contribution in [2.75, 3.05) is 7.05 Å². The van der Waals surface area contributed by atoms with Crippen LogP contribution in [0.4, 0.5) is 0 Å². The highest BCUT2D eigenvalue weighted by Crippen LogP contribution is 2.22. The van der Waals surface area contributed by atoms with E-state index < -0.39 is 0 Å². The predicted molar refractivity (Wildman–Crippen MR) is 118 cm³/mol. The van der Waals surface area contributed by atoms with Crippen molar-refractivity contribution < 1.29 is 9.53 Å². The molecule has 154 valence electrons. The van der Waals surface area contributed by atoms with E-state index in [4.69, 9.17) is 4.74 Å². The van der Waals surface area contributed by atoms with Crippen LogP contribution >= 0.6 is 11.3 Å². The van der Waals surface area contributed by atoms with Crippen molar-refractivity contribution >= 4 is 17.2 Å². The largest absolute Gasteiger partial charge is 0.489 e. The van der Waals surface area contributed by atoms with E-state index in [2.05, 4.69) is 31.1 Å². The average molecular weight is 412 g/mol. The fourth-order valence-electron chi connectivity index (χ4n) is 3.22. The van der Waals surface area contributed by atoms with E-state index in [-0.39, 0.29) is 5.91 Å². The smallest absolute Gasteiger partial charge is 0.263 e. The van der Waals surface area contributed by atoms with E-state index in [9.17, 15) is 4.79 Å². The van der Waals surface area contributed by atoms with Gasteiger partial charge in [0.05, 0.1) is 10.6 Å². The topological polar surface area (TPSA) is 47.4 Å². The molecule has 6 heteroatoms. The summed E-state index contributed by atoms with van der Waals surface area (Å²) in [5.74, 6) is 1.36. The van der Waals surface area contributed by atoms with Gasteiger partial charge < -0.3 is 9.64 Å². The van der Waals surface area contributed by atoms with E-state index in [1.165, 1.54) is 16.9 Å². The molecule has 3 rings (SSSR count). The minimum Gasteiger partial charge on any atom is -0.489 e. The molecule has 2 aromatic heterocycles. The van der Waals surface area contributed by atoms with Crippen LogP contribution in [0.1, 0.15) is 57.5 Å². The van der Waals surface area contributed by atoms with Crippen LogP contribution < -0.4 is 4.74 Å². The third-order valence-electron chi connectivity index (χ3n) is 5.22. The maximum Gasteiger partial charge on any atom is 0.263 e. The summed E-state index contributed by atoms with van der Waals surface area (Å²) in [5.41, 5.74) is 5.46. The Bertz CT molecular complexity index is 986. The number of aryl methyl sites for hydroxylation is 2. The van der Waals surface area contributed by atoms with E-state index in [0.29, 0.717) is 19.1 Å². The highest BCUT2D eigenvalue weighted by molar-refractivity contribution is 7.12. The normalized spacial score (nSPS) is 11.1. The molecule has 2 heterocycles. The second-order valence-corrected chi connectivity index (χ2v) is 8.68. The minimum atomic E-state index is 0.0187. The number of aromatic nitrogens is 2. The maximum absolute atomic E-state index is 12.8. The average Bonchev–Trinajstić information content (AvgIpc) is 3.26. The van der Waals surface area contributed by atoms with Crippen LogP contribution in [-0.2, 0) is 20.2 Å². The lowest BCUT2D eigenvalue weighted by Gasteiger charge is -2.16. The van der Waals surface area contributed by atoms with Gasteiger partial charge >= 0.3 is 0 Å². The SMILES string of the molecule is Cc1nn(C)c(C)c1CN(C)C(=O)c1cc(COc2ccc(C(C)C)cc2)cs1. The second-order valence-electron chi connectivity index (χ2n) is 7.77. The molecule has 0 aliphatic rings. The lowest BCUT2D eigenvalue weighted by Crippen LogP contribution is -2.26. The molecule has 0 N–H and O–H groups in total.